The molecule has 0 bridgehead atoms. The van der Waals surface area contributed by atoms with E-state index in [-0.39, 0.29) is 0 Å². The van der Waals surface area contributed by atoms with Gasteiger partial charge in [0.2, 0.25) is 5.95 Å². The molecule has 0 saturated carbocycles. The summed E-state index contributed by atoms with van der Waals surface area (Å²) in [4.78, 5) is 12.4. The molecule has 1 aromatic heterocycles. The molecule has 0 amide bonds. The van der Waals surface area contributed by atoms with Crippen LogP contribution in [0, 0.1) is 0 Å². The number of nitrogens with zero attached hydrogens (tertiary/aromatic N) is 3. The van der Waals surface area contributed by atoms with Crippen molar-refractivity contribution in [3.05, 3.63) is 18.2 Å². The SMILES string of the molecule is CCN(CCCN(C)C)c1nc2ccc(N)cc2[nH]1. The third-order valence-electron chi connectivity index (χ3n) is 3.21. The van der Waals surface area contributed by atoms with Crippen LogP contribution in [0.3, 0.4) is 0 Å². The van der Waals surface area contributed by atoms with Crippen LogP contribution in [0.5, 0.6) is 0 Å². The molecule has 0 atom stereocenters. The van der Waals surface area contributed by atoms with E-state index >= 15 is 0 Å². The van der Waals surface area contributed by atoms with E-state index in [0.29, 0.717) is 0 Å². The van der Waals surface area contributed by atoms with Gasteiger partial charge in [-0.05, 0) is 52.2 Å². The van der Waals surface area contributed by atoms with Crippen molar-refractivity contribution in [2.75, 3.05) is 44.4 Å². The van der Waals surface area contributed by atoms with Crippen LogP contribution in [0.15, 0.2) is 18.2 Å². The van der Waals surface area contributed by atoms with Gasteiger partial charge in [0, 0.05) is 18.8 Å². The predicted molar refractivity (Wildman–Crippen MR) is 81.6 cm³/mol. The highest BCUT2D eigenvalue weighted by molar-refractivity contribution is 5.80. The largest absolute Gasteiger partial charge is 0.399 e. The molecular formula is C14H23N5. The summed E-state index contributed by atoms with van der Waals surface area (Å²) >= 11 is 0. The number of imidazole rings is 1. The second-order valence-electron chi connectivity index (χ2n) is 5.07. The first-order valence-corrected chi connectivity index (χ1v) is 6.75. The first kappa shape index (κ1) is 13.7. The molecule has 5 heteroatoms. The third-order valence-corrected chi connectivity index (χ3v) is 3.21. The van der Waals surface area contributed by atoms with Gasteiger partial charge in [-0.3, -0.25) is 0 Å². The lowest BCUT2D eigenvalue weighted by molar-refractivity contribution is 0.400. The fraction of sp³-hybridized carbons (Fsp3) is 0.500. The highest BCUT2D eigenvalue weighted by atomic mass is 15.3. The fourth-order valence-electron chi connectivity index (χ4n) is 2.16. The first-order chi connectivity index (χ1) is 9.10. The molecule has 0 fully saturated rings. The van der Waals surface area contributed by atoms with E-state index < -0.39 is 0 Å². The second kappa shape index (κ2) is 5.93. The zero-order valence-corrected chi connectivity index (χ0v) is 12.0. The number of hydrogen-bond acceptors (Lipinski definition) is 4. The van der Waals surface area contributed by atoms with Crippen molar-refractivity contribution in [3.8, 4) is 0 Å². The van der Waals surface area contributed by atoms with Gasteiger partial charge >= 0.3 is 0 Å². The monoisotopic (exact) mass is 261 g/mol. The van der Waals surface area contributed by atoms with Crippen LogP contribution in [0.4, 0.5) is 11.6 Å². The number of hydrogen-bond donors (Lipinski definition) is 2. The standard InChI is InChI=1S/C14H23N5/c1-4-19(9-5-8-18(2)3)14-16-12-7-6-11(15)10-13(12)17-14/h6-7,10H,4-5,8-9,15H2,1-3H3,(H,16,17). The smallest absolute Gasteiger partial charge is 0.203 e. The topological polar surface area (TPSA) is 61.2 Å². The Balaban J connectivity index is 2.11. The number of fused-ring (bicyclic) bond motifs is 1. The zero-order chi connectivity index (χ0) is 13.8. The van der Waals surface area contributed by atoms with Crippen LogP contribution in [-0.2, 0) is 0 Å². The summed E-state index contributed by atoms with van der Waals surface area (Å²) in [5.41, 5.74) is 8.52. The van der Waals surface area contributed by atoms with Crippen molar-refractivity contribution in [1.82, 2.24) is 14.9 Å². The molecule has 0 aliphatic rings. The number of aromatic amines is 1. The number of rotatable bonds is 6. The van der Waals surface area contributed by atoms with E-state index in [1.807, 2.05) is 18.2 Å². The lowest BCUT2D eigenvalue weighted by Gasteiger charge is -2.20. The Labute approximate surface area is 114 Å². The number of aromatic nitrogens is 2. The Morgan fingerprint density at radius 2 is 2.05 bits per heavy atom. The molecule has 0 radical (unpaired) electrons. The predicted octanol–water partition coefficient (Wildman–Crippen LogP) is 1.92. The Morgan fingerprint density at radius 3 is 2.74 bits per heavy atom. The van der Waals surface area contributed by atoms with Crippen LogP contribution >= 0.6 is 0 Å². The average molecular weight is 261 g/mol. The molecule has 1 heterocycles. The van der Waals surface area contributed by atoms with Gasteiger partial charge in [0.1, 0.15) is 0 Å². The van der Waals surface area contributed by atoms with E-state index in [4.69, 9.17) is 5.73 Å². The van der Waals surface area contributed by atoms with E-state index in [1.165, 1.54) is 0 Å². The summed E-state index contributed by atoms with van der Waals surface area (Å²) in [6, 6.07) is 5.77. The zero-order valence-electron chi connectivity index (χ0n) is 12.0. The van der Waals surface area contributed by atoms with E-state index in [0.717, 1.165) is 48.7 Å². The fourth-order valence-corrected chi connectivity index (χ4v) is 2.16. The van der Waals surface area contributed by atoms with Crippen molar-refractivity contribution in [3.63, 3.8) is 0 Å². The molecule has 0 aliphatic carbocycles. The molecule has 104 valence electrons. The first-order valence-electron chi connectivity index (χ1n) is 6.75. The number of anilines is 2. The van der Waals surface area contributed by atoms with Crippen molar-refractivity contribution in [2.24, 2.45) is 0 Å². The lowest BCUT2D eigenvalue weighted by atomic mass is 10.3. The third kappa shape index (κ3) is 3.38. The maximum atomic E-state index is 5.79. The van der Waals surface area contributed by atoms with Crippen LogP contribution in [0.2, 0.25) is 0 Å². The number of benzene rings is 1. The Bertz CT molecular complexity index is 532. The summed E-state index contributed by atoms with van der Waals surface area (Å²) in [7, 11) is 4.19. The normalized spacial score (nSPS) is 11.4. The summed E-state index contributed by atoms with van der Waals surface area (Å²) in [5, 5.41) is 0. The molecule has 0 unspecified atom stereocenters. The van der Waals surface area contributed by atoms with Crippen LogP contribution in [0.25, 0.3) is 11.0 Å². The van der Waals surface area contributed by atoms with Crippen molar-refractivity contribution >= 4 is 22.7 Å². The summed E-state index contributed by atoms with van der Waals surface area (Å²) in [5.74, 6) is 0.932. The average Bonchev–Trinajstić information content (AvgIpc) is 2.76. The molecule has 2 rings (SSSR count). The van der Waals surface area contributed by atoms with Crippen LogP contribution < -0.4 is 10.6 Å². The maximum Gasteiger partial charge on any atom is 0.203 e. The highest BCUT2D eigenvalue weighted by Crippen LogP contribution is 2.19. The van der Waals surface area contributed by atoms with Gasteiger partial charge in [0.25, 0.3) is 0 Å². The highest BCUT2D eigenvalue weighted by Gasteiger charge is 2.09. The van der Waals surface area contributed by atoms with Crippen molar-refractivity contribution in [2.45, 2.75) is 13.3 Å². The van der Waals surface area contributed by atoms with E-state index in [2.05, 4.69) is 40.8 Å². The molecule has 0 aliphatic heterocycles. The molecule has 19 heavy (non-hydrogen) atoms. The molecule has 3 N–H and O–H groups in total. The number of nitrogen functional groups attached to an aromatic ring is 1. The van der Waals surface area contributed by atoms with Gasteiger partial charge in [-0.2, -0.15) is 0 Å². The summed E-state index contributed by atoms with van der Waals surface area (Å²) < 4.78 is 0. The minimum absolute atomic E-state index is 0.762. The Morgan fingerprint density at radius 1 is 1.26 bits per heavy atom. The molecule has 0 saturated heterocycles. The minimum Gasteiger partial charge on any atom is -0.399 e. The van der Waals surface area contributed by atoms with Crippen molar-refractivity contribution < 1.29 is 0 Å². The quantitative estimate of drug-likeness (QED) is 0.780. The van der Waals surface area contributed by atoms with Crippen molar-refractivity contribution in [1.29, 1.82) is 0 Å². The van der Waals surface area contributed by atoms with Crippen LogP contribution in [-0.4, -0.2) is 48.6 Å². The van der Waals surface area contributed by atoms with Gasteiger partial charge in [-0.15, -0.1) is 0 Å². The maximum absolute atomic E-state index is 5.79. The second-order valence-corrected chi connectivity index (χ2v) is 5.07. The van der Waals surface area contributed by atoms with E-state index in [9.17, 15) is 0 Å². The summed E-state index contributed by atoms with van der Waals surface area (Å²) in [6.45, 7) is 5.19. The molecule has 5 nitrogen and oxygen atoms in total. The van der Waals surface area contributed by atoms with Gasteiger partial charge in [0.05, 0.1) is 11.0 Å². The van der Waals surface area contributed by atoms with Gasteiger partial charge in [-0.1, -0.05) is 0 Å². The van der Waals surface area contributed by atoms with Crippen LogP contribution in [0.1, 0.15) is 13.3 Å². The minimum atomic E-state index is 0.762. The van der Waals surface area contributed by atoms with Gasteiger partial charge < -0.3 is 20.5 Å². The van der Waals surface area contributed by atoms with E-state index in [1.54, 1.807) is 0 Å². The lowest BCUT2D eigenvalue weighted by Crippen LogP contribution is -2.27. The number of H-pyrrole nitrogens is 1. The number of nitrogens with one attached hydrogen (secondary N) is 1. The summed E-state index contributed by atoms with van der Waals surface area (Å²) in [6.07, 6.45) is 1.13. The Kier molecular flexibility index (Phi) is 4.27. The van der Waals surface area contributed by atoms with Gasteiger partial charge in [0.15, 0.2) is 0 Å². The number of nitrogens with two attached hydrogens (primary N) is 1. The molecular weight excluding hydrogens is 238 g/mol. The molecule has 1 aromatic carbocycles. The van der Waals surface area contributed by atoms with Gasteiger partial charge in [-0.25, -0.2) is 4.98 Å². The Hall–Kier alpha value is -1.75. The molecule has 0 spiro atoms. The molecule has 2 aromatic rings.